The summed E-state index contributed by atoms with van der Waals surface area (Å²) in [4.78, 5) is 13.1. The summed E-state index contributed by atoms with van der Waals surface area (Å²) in [6.07, 6.45) is 0. The zero-order valence-electron chi connectivity index (χ0n) is 12.8. The lowest BCUT2D eigenvalue weighted by molar-refractivity contribution is -0.117. The van der Waals surface area contributed by atoms with Crippen molar-refractivity contribution in [2.24, 2.45) is 0 Å². The van der Waals surface area contributed by atoms with Gasteiger partial charge in [0.2, 0.25) is 11.7 Å². The standard InChI is InChI=1S/C16H14FN5O2/c1-24-14-8-3-2-7-13(14)16-19-21-22(20-16)10-15(23)18-12-6-4-5-11(17)9-12/h2-9H,10H2,1H3,(H,18,23). The van der Waals surface area contributed by atoms with E-state index < -0.39 is 5.82 Å². The summed E-state index contributed by atoms with van der Waals surface area (Å²) in [5.74, 6) is 0.155. The number of carbonyl (C=O) groups excluding carboxylic acids is 1. The summed E-state index contributed by atoms with van der Waals surface area (Å²) in [5, 5.41) is 14.5. The number of nitrogens with zero attached hydrogens (tertiary/aromatic N) is 4. The molecule has 1 amide bonds. The van der Waals surface area contributed by atoms with Crippen LogP contribution in [0.15, 0.2) is 48.5 Å². The van der Waals surface area contributed by atoms with E-state index in [0.29, 0.717) is 22.8 Å². The fraction of sp³-hybridized carbons (Fsp3) is 0.125. The molecular formula is C16H14FN5O2. The fourth-order valence-corrected chi connectivity index (χ4v) is 2.14. The molecule has 1 N–H and O–H groups in total. The van der Waals surface area contributed by atoms with Crippen LogP contribution in [0.25, 0.3) is 11.4 Å². The number of aromatic nitrogens is 4. The Bertz CT molecular complexity index is 865. The molecule has 0 saturated carbocycles. The van der Waals surface area contributed by atoms with Crippen LogP contribution in [0, 0.1) is 5.82 Å². The average molecular weight is 327 g/mol. The second-order valence-electron chi connectivity index (χ2n) is 4.90. The molecule has 122 valence electrons. The second-order valence-corrected chi connectivity index (χ2v) is 4.90. The van der Waals surface area contributed by atoms with Crippen LogP contribution in [-0.4, -0.2) is 33.2 Å². The number of carbonyl (C=O) groups is 1. The number of para-hydroxylation sites is 1. The van der Waals surface area contributed by atoms with Crippen LogP contribution in [0.2, 0.25) is 0 Å². The van der Waals surface area contributed by atoms with Crippen LogP contribution in [0.4, 0.5) is 10.1 Å². The first-order chi connectivity index (χ1) is 11.7. The monoisotopic (exact) mass is 327 g/mol. The Balaban J connectivity index is 1.71. The maximum Gasteiger partial charge on any atom is 0.248 e. The number of benzene rings is 2. The van der Waals surface area contributed by atoms with Gasteiger partial charge in [0.15, 0.2) is 0 Å². The van der Waals surface area contributed by atoms with Gasteiger partial charge < -0.3 is 10.1 Å². The van der Waals surface area contributed by atoms with Crippen LogP contribution >= 0.6 is 0 Å². The van der Waals surface area contributed by atoms with Gasteiger partial charge in [-0.25, -0.2) is 4.39 Å². The van der Waals surface area contributed by atoms with Crippen molar-refractivity contribution in [2.45, 2.75) is 6.54 Å². The molecule has 1 heterocycles. The summed E-state index contributed by atoms with van der Waals surface area (Å²) in [7, 11) is 1.55. The SMILES string of the molecule is COc1ccccc1-c1nnn(CC(=O)Nc2cccc(F)c2)n1. The third kappa shape index (κ3) is 3.54. The lowest BCUT2D eigenvalue weighted by Crippen LogP contribution is -2.20. The number of rotatable bonds is 5. The fourth-order valence-electron chi connectivity index (χ4n) is 2.14. The van der Waals surface area contributed by atoms with Crippen molar-refractivity contribution in [1.29, 1.82) is 0 Å². The van der Waals surface area contributed by atoms with Gasteiger partial charge in [-0.1, -0.05) is 18.2 Å². The Labute approximate surface area is 137 Å². The van der Waals surface area contributed by atoms with Crippen molar-refractivity contribution < 1.29 is 13.9 Å². The smallest absolute Gasteiger partial charge is 0.248 e. The molecule has 0 aliphatic rings. The summed E-state index contributed by atoms with van der Waals surface area (Å²) in [6, 6.07) is 12.9. The predicted molar refractivity (Wildman–Crippen MR) is 84.8 cm³/mol. The molecule has 0 atom stereocenters. The van der Waals surface area contributed by atoms with Crippen LogP contribution in [-0.2, 0) is 11.3 Å². The van der Waals surface area contributed by atoms with Gasteiger partial charge in [0, 0.05) is 5.69 Å². The van der Waals surface area contributed by atoms with E-state index >= 15 is 0 Å². The van der Waals surface area contributed by atoms with Crippen molar-refractivity contribution in [2.75, 3.05) is 12.4 Å². The van der Waals surface area contributed by atoms with Crippen molar-refractivity contribution in [1.82, 2.24) is 20.2 Å². The van der Waals surface area contributed by atoms with E-state index in [9.17, 15) is 9.18 Å². The van der Waals surface area contributed by atoms with E-state index in [1.807, 2.05) is 12.1 Å². The zero-order valence-corrected chi connectivity index (χ0v) is 12.8. The maximum absolute atomic E-state index is 13.1. The molecule has 0 spiro atoms. The van der Waals surface area contributed by atoms with Gasteiger partial charge in [-0.3, -0.25) is 4.79 Å². The summed E-state index contributed by atoms with van der Waals surface area (Å²) < 4.78 is 18.4. The molecule has 0 unspecified atom stereocenters. The van der Waals surface area contributed by atoms with Gasteiger partial charge in [0.25, 0.3) is 0 Å². The number of hydrogen-bond donors (Lipinski definition) is 1. The van der Waals surface area contributed by atoms with E-state index in [1.54, 1.807) is 25.3 Å². The predicted octanol–water partition coefficient (Wildman–Crippen LogP) is 2.13. The van der Waals surface area contributed by atoms with Gasteiger partial charge in [-0.15, -0.1) is 10.2 Å². The van der Waals surface area contributed by atoms with Gasteiger partial charge in [0.05, 0.1) is 12.7 Å². The Kier molecular flexibility index (Phi) is 4.46. The van der Waals surface area contributed by atoms with E-state index in [4.69, 9.17) is 4.74 Å². The highest BCUT2D eigenvalue weighted by molar-refractivity contribution is 5.90. The molecule has 3 rings (SSSR count). The molecule has 0 aliphatic heterocycles. The summed E-state index contributed by atoms with van der Waals surface area (Å²) >= 11 is 0. The Morgan fingerprint density at radius 1 is 1.25 bits per heavy atom. The third-order valence-electron chi connectivity index (χ3n) is 3.19. The molecule has 3 aromatic rings. The van der Waals surface area contributed by atoms with E-state index in [0.717, 1.165) is 4.80 Å². The minimum absolute atomic E-state index is 0.140. The number of tetrazole rings is 1. The molecule has 24 heavy (non-hydrogen) atoms. The molecule has 8 heteroatoms. The first kappa shape index (κ1) is 15.6. The van der Waals surface area contributed by atoms with Crippen LogP contribution < -0.4 is 10.1 Å². The zero-order chi connectivity index (χ0) is 16.9. The molecule has 0 saturated heterocycles. The molecule has 2 aromatic carbocycles. The van der Waals surface area contributed by atoms with Crippen molar-refractivity contribution >= 4 is 11.6 Å². The normalized spacial score (nSPS) is 10.4. The number of hydrogen-bond acceptors (Lipinski definition) is 5. The molecule has 0 aliphatic carbocycles. The topological polar surface area (TPSA) is 81.9 Å². The van der Waals surface area contributed by atoms with Crippen LogP contribution in [0.3, 0.4) is 0 Å². The Morgan fingerprint density at radius 3 is 2.88 bits per heavy atom. The van der Waals surface area contributed by atoms with Gasteiger partial charge >= 0.3 is 0 Å². The highest BCUT2D eigenvalue weighted by Crippen LogP contribution is 2.25. The van der Waals surface area contributed by atoms with Gasteiger partial charge in [-0.05, 0) is 35.5 Å². The van der Waals surface area contributed by atoms with E-state index in [-0.39, 0.29) is 12.5 Å². The number of nitrogens with one attached hydrogen (secondary N) is 1. The number of amides is 1. The van der Waals surface area contributed by atoms with E-state index in [1.165, 1.54) is 18.2 Å². The van der Waals surface area contributed by atoms with Crippen molar-refractivity contribution in [3.8, 4) is 17.1 Å². The highest BCUT2D eigenvalue weighted by atomic mass is 19.1. The molecular weight excluding hydrogens is 313 g/mol. The first-order valence-corrected chi connectivity index (χ1v) is 7.12. The van der Waals surface area contributed by atoms with Crippen molar-refractivity contribution in [3.05, 3.63) is 54.3 Å². The average Bonchev–Trinajstić information content (AvgIpc) is 3.03. The Hall–Kier alpha value is -3.29. The number of anilines is 1. The number of halogens is 1. The lowest BCUT2D eigenvalue weighted by atomic mass is 10.2. The number of ether oxygens (including phenoxy) is 1. The molecule has 0 fully saturated rings. The van der Waals surface area contributed by atoms with Crippen molar-refractivity contribution in [3.63, 3.8) is 0 Å². The van der Waals surface area contributed by atoms with Gasteiger partial charge in [-0.2, -0.15) is 4.80 Å². The quantitative estimate of drug-likeness (QED) is 0.776. The van der Waals surface area contributed by atoms with Crippen LogP contribution in [0.5, 0.6) is 5.75 Å². The summed E-state index contributed by atoms with van der Waals surface area (Å²) in [5.41, 5.74) is 1.04. The maximum atomic E-state index is 13.1. The third-order valence-corrected chi connectivity index (χ3v) is 3.19. The number of methoxy groups -OCH3 is 1. The largest absolute Gasteiger partial charge is 0.496 e. The highest BCUT2D eigenvalue weighted by Gasteiger charge is 2.13. The second kappa shape index (κ2) is 6.86. The minimum atomic E-state index is -0.426. The summed E-state index contributed by atoms with van der Waals surface area (Å²) in [6.45, 7) is -0.140. The molecule has 1 aromatic heterocycles. The van der Waals surface area contributed by atoms with Gasteiger partial charge in [0.1, 0.15) is 18.1 Å². The minimum Gasteiger partial charge on any atom is -0.496 e. The molecule has 7 nitrogen and oxygen atoms in total. The molecule has 0 radical (unpaired) electrons. The lowest BCUT2D eigenvalue weighted by Gasteiger charge is -2.04. The van der Waals surface area contributed by atoms with E-state index in [2.05, 4.69) is 20.7 Å². The first-order valence-electron chi connectivity index (χ1n) is 7.12. The molecule has 0 bridgehead atoms. The van der Waals surface area contributed by atoms with Crippen LogP contribution in [0.1, 0.15) is 0 Å². The Morgan fingerprint density at radius 2 is 2.08 bits per heavy atom.